The zero-order chi connectivity index (χ0) is 11.1. The summed E-state index contributed by atoms with van der Waals surface area (Å²) >= 11 is 0. The number of rotatable bonds is 4. The van der Waals surface area contributed by atoms with E-state index in [1.807, 2.05) is 13.8 Å². The van der Waals surface area contributed by atoms with Gasteiger partial charge in [-0.3, -0.25) is 15.5 Å². The maximum atomic E-state index is 5.30. The Morgan fingerprint density at radius 3 is 3.00 bits per heavy atom. The summed E-state index contributed by atoms with van der Waals surface area (Å²) in [5.74, 6) is 6.71. The molecule has 15 heavy (non-hydrogen) atoms. The molecule has 1 aromatic heterocycles. The van der Waals surface area contributed by atoms with Crippen LogP contribution in [-0.2, 0) is 6.42 Å². The second-order valence-corrected chi connectivity index (χ2v) is 3.36. The summed E-state index contributed by atoms with van der Waals surface area (Å²) in [7, 11) is 0. The van der Waals surface area contributed by atoms with Crippen molar-refractivity contribution in [3.8, 4) is 0 Å². The molecule has 1 heterocycles. The first-order chi connectivity index (χ1) is 7.22. The lowest BCUT2D eigenvalue weighted by Gasteiger charge is -2.11. The van der Waals surface area contributed by atoms with Crippen LogP contribution in [0.5, 0.6) is 0 Å². The number of nitrogens with one attached hydrogen (secondary N) is 3. The van der Waals surface area contributed by atoms with Crippen LogP contribution in [0.1, 0.15) is 19.7 Å². The number of hydrogen-bond donors (Lipinski definition) is 4. The van der Waals surface area contributed by atoms with Gasteiger partial charge in [0.15, 0.2) is 0 Å². The summed E-state index contributed by atoms with van der Waals surface area (Å²) < 4.78 is 0. The van der Waals surface area contributed by atoms with Gasteiger partial charge >= 0.3 is 0 Å². The Morgan fingerprint density at radius 1 is 1.67 bits per heavy atom. The molecule has 0 bridgehead atoms. The average Bonchev–Trinajstić information content (AvgIpc) is 2.68. The number of nitrogens with zero attached hydrogens (tertiary/aromatic N) is 3. The zero-order valence-corrected chi connectivity index (χ0v) is 8.99. The highest BCUT2D eigenvalue weighted by Crippen LogP contribution is 1.88. The molecule has 7 nitrogen and oxygen atoms in total. The monoisotopic (exact) mass is 211 g/mol. The van der Waals surface area contributed by atoms with Crippen LogP contribution >= 0.6 is 0 Å². The van der Waals surface area contributed by atoms with E-state index in [0.717, 1.165) is 5.82 Å². The molecule has 1 aromatic rings. The maximum absolute atomic E-state index is 5.30. The van der Waals surface area contributed by atoms with Gasteiger partial charge in [0.1, 0.15) is 12.2 Å². The summed E-state index contributed by atoms with van der Waals surface area (Å²) in [6, 6.07) is 0.296. The number of hydrazine groups is 1. The molecule has 0 aliphatic carbocycles. The van der Waals surface area contributed by atoms with E-state index in [9.17, 15) is 0 Å². The molecule has 0 aromatic carbocycles. The van der Waals surface area contributed by atoms with Gasteiger partial charge in [0.25, 0.3) is 0 Å². The SMILES string of the molecule is CC(C)NC(=NCCc1ncn[nH]1)NN. The zero-order valence-electron chi connectivity index (χ0n) is 8.99. The lowest BCUT2D eigenvalue weighted by atomic mass is 10.4. The van der Waals surface area contributed by atoms with Crippen LogP contribution in [-0.4, -0.2) is 33.7 Å². The first-order valence-corrected chi connectivity index (χ1v) is 4.84. The molecule has 0 saturated heterocycles. The summed E-state index contributed by atoms with van der Waals surface area (Å²) in [4.78, 5) is 8.23. The second kappa shape index (κ2) is 5.97. The summed E-state index contributed by atoms with van der Waals surface area (Å²) in [5.41, 5.74) is 2.51. The summed E-state index contributed by atoms with van der Waals surface area (Å²) in [5, 5.41) is 9.59. The molecule has 0 fully saturated rings. The average molecular weight is 211 g/mol. The molecular weight excluding hydrogens is 194 g/mol. The van der Waals surface area contributed by atoms with Crippen molar-refractivity contribution in [2.24, 2.45) is 10.8 Å². The van der Waals surface area contributed by atoms with E-state index in [2.05, 4.69) is 30.9 Å². The fraction of sp³-hybridized carbons (Fsp3) is 0.625. The molecule has 84 valence electrons. The van der Waals surface area contributed by atoms with E-state index in [1.165, 1.54) is 6.33 Å². The van der Waals surface area contributed by atoms with Crippen LogP contribution < -0.4 is 16.6 Å². The quantitative estimate of drug-likeness (QED) is 0.225. The van der Waals surface area contributed by atoms with Gasteiger partial charge in [-0.1, -0.05) is 0 Å². The third-order valence-corrected chi connectivity index (χ3v) is 1.65. The molecule has 7 heteroatoms. The van der Waals surface area contributed by atoms with E-state index in [-0.39, 0.29) is 0 Å². The van der Waals surface area contributed by atoms with Crippen LogP contribution in [0.2, 0.25) is 0 Å². The number of H-pyrrole nitrogens is 1. The third-order valence-electron chi connectivity index (χ3n) is 1.65. The predicted octanol–water partition coefficient (Wildman–Crippen LogP) is -0.835. The van der Waals surface area contributed by atoms with Gasteiger partial charge in [-0.15, -0.1) is 0 Å². The van der Waals surface area contributed by atoms with Crippen molar-refractivity contribution < 1.29 is 0 Å². The maximum Gasteiger partial charge on any atom is 0.205 e. The van der Waals surface area contributed by atoms with Crippen LogP contribution in [0.3, 0.4) is 0 Å². The summed E-state index contributed by atoms with van der Waals surface area (Å²) in [6.45, 7) is 4.64. The van der Waals surface area contributed by atoms with Crippen LogP contribution in [0.15, 0.2) is 11.3 Å². The van der Waals surface area contributed by atoms with Crippen molar-refractivity contribution in [2.45, 2.75) is 26.3 Å². The fourth-order valence-electron chi connectivity index (χ4n) is 1.03. The highest BCUT2D eigenvalue weighted by Gasteiger charge is 1.98. The van der Waals surface area contributed by atoms with E-state index in [1.54, 1.807) is 0 Å². The lowest BCUT2D eigenvalue weighted by molar-refractivity contribution is 0.700. The molecule has 5 N–H and O–H groups in total. The highest BCUT2D eigenvalue weighted by atomic mass is 15.3. The van der Waals surface area contributed by atoms with Crippen molar-refractivity contribution in [2.75, 3.05) is 6.54 Å². The van der Waals surface area contributed by atoms with E-state index in [0.29, 0.717) is 25.0 Å². The number of guanidine groups is 1. The minimum atomic E-state index is 0.296. The molecule has 0 amide bonds. The number of aromatic nitrogens is 3. The fourth-order valence-corrected chi connectivity index (χ4v) is 1.03. The van der Waals surface area contributed by atoms with Crippen LogP contribution in [0.4, 0.5) is 0 Å². The molecule has 1 rings (SSSR count). The predicted molar refractivity (Wildman–Crippen MR) is 58.0 cm³/mol. The molecule has 0 aliphatic rings. The number of nitrogens with two attached hydrogens (primary N) is 1. The van der Waals surface area contributed by atoms with Gasteiger partial charge < -0.3 is 5.32 Å². The van der Waals surface area contributed by atoms with Crippen LogP contribution in [0.25, 0.3) is 0 Å². The van der Waals surface area contributed by atoms with Gasteiger partial charge in [-0.25, -0.2) is 10.8 Å². The van der Waals surface area contributed by atoms with Gasteiger partial charge in [-0.2, -0.15) is 5.10 Å². The van der Waals surface area contributed by atoms with Gasteiger partial charge in [0.2, 0.25) is 5.96 Å². The second-order valence-electron chi connectivity index (χ2n) is 3.36. The number of aromatic amines is 1. The molecule has 0 spiro atoms. The lowest BCUT2D eigenvalue weighted by Crippen LogP contribution is -2.44. The Balaban J connectivity index is 2.34. The standard InChI is InChI=1S/C8H17N7/c1-6(2)13-8(14-9)10-4-3-7-11-5-12-15-7/h5-6H,3-4,9H2,1-2H3,(H2,10,13,14)(H,11,12,15). The van der Waals surface area contributed by atoms with Gasteiger partial charge in [-0.05, 0) is 13.8 Å². The van der Waals surface area contributed by atoms with E-state index in [4.69, 9.17) is 5.84 Å². The molecule has 0 unspecified atom stereocenters. The molecule has 0 aliphatic heterocycles. The number of aliphatic imine (C=N–C) groups is 1. The Morgan fingerprint density at radius 2 is 2.47 bits per heavy atom. The number of hydrogen-bond acceptors (Lipinski definition) is 4. The highest BCUT2D eigenvalue weighted by molar-refractivity contribution is 5.79. The normalized spacial score (nSPS) is 11.9. The molecule has 0 radical (unpaired) electrons. The third kappa shape index (κ3) is 4.41. The Hall–Kier alpha value is -1.63. The Labute approximate surface area is 88.5 Å². The summed E-state index contributed by atoms with van der Waals surface area (Å²) in [6.07, 6.45) is 2.19. The smallest absolute Gasteiger partial charge is 0.205 e. The minimum Gasteiger partial charge on any atom is -0.353 e. The van der Waals surface area contributed by atoms with Crippen molar-refractivity contribution in [3.05, 3.63) is 12.2 Å². The molecular formula is C8H17N7. The van der Waals surface area contributed by atoms with E-state index >= 15 is 0 Å². The van der Waals surface area contributed by atoms with Crippen molar-refractivity contribution in [1.82, 2.24) is 25.9 Å². The Bertz CT molecular complexity index is 290. The van der Waals surface area contributed by atoms with Crippen molar-refractivity contribution >= 4 is 5.96 Å². The first kappa shape index (κ1) is 11.4. The van der Waals surface area contributed by atoms with E-state index < -0.39 is 0 Å². The molecule has 0 atom stereocenters. The largest absolute Gasteiger partial charge is 0.353 e. The minimum absolute atomic E-state index is 0.296. The van der Waals surface area contributed by atoms with Crippen molar-refractivity contribution in [3.63, 3.8) is 0 Å². The van der Waals surface area contributed by atoms with Gasteiger partial charge in [0, 0.05) is 19.0 Å². The first-order valence-electron chi connectivity index (χ1n) is 4.84. The Kier molecular flexibility index (Phi) is 4.55. The van der Waals surface area contributed by atoms with Gasteiger partial charge in [0.05, 0.1) is 0 Å². The topological polar surface area (TPSA) is 104 Å². The van der Waals surface area contributed by atoms with Crippen LogP contribution in [0, 0.1) is 0 Å². The molecule has 0 saturated carbocycles. The van der Waals surface area contributed by atoms with Crippen molar-refractivity contribution in [1.29, 1.82) is 0 Å².